The van der Waals surface area contributed by atoms with E-state index in [1.165, 1.54) is 0 Å². The van der Waals surface area contributed by atoms with Crippen molar-refractivity contribution in [2.45, 2.75) is 18.8 Å². The van der Waals surface area contributed by atoms with Gasteiger partial charge in [0.25, 0.3) is 5.91 Å². The van der Waals surface area contributed by atoms with Gasteiger partial charge in [0.1, 0.15) is 0 Å². The molecule has 4 aromatic rings. The third kappa shape index (κ3) is 4.90. The number of carbonyl (C=O) groups is 1. The molecule has 3 nitrogen and oxygen atoms in total. The fourth-order valence-corrected chi connectivity index (χ4v) is 4.15. The van der Waals surface area contributed by atoms with E-state index in [1.54, 1.807) is 12.4 Å². The Labute approximate surface area is 192 Å². The molecule has 0 saturated carbocycles. The molecule has 0 radical (unpaired) electrons. The first-order valence-electron chi connectivity index (χ1n) is 10.1. The number of benzene rings is 3. The van der Waals surface area contributed by atoms with Gasteiger partial charge in [-0.05, 0) is 58.8 Å². The highest BCUT2D eigenvalue weighted by Gasteiger charge is 2.22. The second kappa shape index (κ2) is 9.51. The highest BCUT2D eigenvalue weighted by molar-refractivity contribution is 6.30. The number of nitrogens with zero attached hydrogens (tertiary/aromatic N) is 1. The maximum atomic E-state index is 13.1. The first kappa shape index (κ1) is 21.4. The molecule has 31 heavy (non-hydrogen) atoms. The topological polar surface area (TPSA) is 42.0 Å². The Balaban J connectivity index is 1.60. The SMILES string of the molecule is CC(c1ccc(Cl)cc1)C(CNC(=O)c1cccc2ccncc12)c1ccc(Cl)cc1. The lowest BCUT2D eigenvalue weighted by atomic mass is 9.82. The van der Waals surface area contributed by atoms with Gasteiger partial charge in [-0.15, -0.1) is 0 Å². The summed E-state index contributed by atoms with van der Waals surface area (Å²) in [6.45, 7) is 2.65. The molecule has 0 aliphatic rings. The monoisotopic (exact) mass is 448 g/mol. The van der Waals surface area contributed by atoms with Crippen LogP contribution >= 0.6 is 23.2 Å². The highest BCUT2D eigenvalue weighted by Crippen LogP contribution is 2.33. The van der Waals surface area contributed by atoms with Gasteiger partial charge >= 0.3 is 0 Å². The third-order valence-electron chi connectivity index (χ3n) is 5.71. The van der Waals surface area contributed by atoms with Crippen molar-refractivity contribution in [2.75, 3.05) is 6.54 Å². The molecule has 0 aliphatic carbocycles. The van der Waals surface area contributed by atoms with Crippen molar-refractivity contribution >= 4 is 39.9 Å². The van der Waals surface area contributed by atoms with Crippen molar-refractivity contribution < 1.29 is 4.79 Å². The van der Waals surface area contributed by atoms with Crippen LogP contribution in [0.3, 0.4) is 0 Å². The van der Waals surface area contributed by atoms with Gasteiger partial charge in [-0.25, -0.2) is 0 Å². The van der Waals surface area contributed by atoms with Gasteiger partial charge in [-0.2, -0.15) is 0 Å². The van der Waals surface area contributed by atoms with Gasteiger partial charge in [0, 0.05) is 45.9 Å². The van der Waals surface area contributed by atoms with E-state index < -0.39 is 0 Å². The first-order chi connectivity index (χ1) is 15.0. The van der Waals surface area contributed by atoms with E-state index in [-0.39, 0.29) is 17.7 Å². The van der Waals surface area contributed by atoms with E-state index in [2.05, 4.69) is 17.2 Å². The Morgan fingerprint density at radius 2 is 1.55 bits per heavy atom. The van der Waals surface area contributed by atoms with Gasteiger partial charge in [0.15, 0.2) is 0 Å². The molecule has 1 amide bonds. The van der Waals surface area contributed by atoms with Gasteiger partial charge in [-0.3, -0.25) is 9.78 Å². The average Bonchev–Trinajstić information content (AvgIpc) is 2.80. The molecule has 0 bridgehead atoms. The van der Waals surface area contributed by atoms with Gasteiger partial charge < -0.3 is 5.32 Å². The maximum absolute atomic E-state index is 13.1. The third-order valence-corrected chi connectivity index (χ3v) is 6.21. The Morgan fingerprint density at radius 1 is 0.903 bits per heavy atom. The lowest BCUT2D eigenvalue weighted by Crippen LogP contribution is -2.30. The molecular formula is C26H22Cl2N2O. The predicted molar refractivity (Wildman–Crippen MR) is 128 cm³/mol. The lowest BCUT2D eigenvalue weighted by Gasteiger charge is -2.26. The maximum Gasteiger partial charge on any atom is 0.251 e. The number of hydrogen-bond acceptors (Lipinski definition) is 2. The van der Waals surface area contributed by atoms with E-state index in [1.807, 2.05) is 72.8 Å². The molecular weight excluding hydrogens is 427 g/mol. The molecule has 2 atom stereocenters. The summed E-state index contributed by atoms with van der Waals surface area (Å²) in [5, 5.41) is 6.37. The Kier molecular flexibility index (Phi) is 6.55. The highest BCUT2D eigenvalue weighted by atomic mass is 35.5. The first-order valence-corrected chi connectivity index (χ1v) is 10.9. The van der Waals surface area contributed by atoms with E-state index in [4.69, 9.17) is 23.2 Å². The van der Waals surface area contributed by atoms with Crippen LogP contribution in [0.25, 0.3) is 10.8 Å². The molecule has 4 rings (SSSR count). The summed E-state index contributed by atoms with van der Waals surface area (Å²) in [6.07, 6.45) is 3.46. The van der Waals surface area contributed by atoms with E-state index in [0.29, 0.717) is 22.2 Å². The zero-order valence-corrected chi connectivity index (χ0v) is 18.6. The van der Waals surface area contributed by atoms with Crippen LogP contribution in [0.4, 0.5) is 0 Å². The van der Waals surface area contributed by atoms with Gasteiger partial charge in [-0.1, -0.05) is 66.5 Å². The fourth-order valence-electron chi connectivity index (χ4n) is 3.90. The standard InChI is InChI=1S/C26H22Cl2N2O/c1-17(18-5-9-21(27)10-6-18)24(20-7-11-22(28)12-8-20)16-30-26(31)23-4-2-3-19-13-14-29-15-25(19)23/h2-15,17,24H,16H2,1H3,(H,30,31). The molecule has 1 heterocycles. The molecule has 0 spiro atoms. The Morgan fingerprint density at radius 3 is 2.23 bits per heavy atom. The van der Waals surface area contributed by atoms with Crippen molar-refractivity contribution in [2.24, 2.45) is 0 Å². The molecule has 156 valence electrons. The van der Waals surface area contributed by atoms with Crippen LogP contribution in [0.5, 0.6) is 0 Å². The van der Waals surface area contributed by atoms with Crippen molar-refractivity contribution in [3.05, 3.63) is 112 Å². The van der Waals surface area contributed by atoms with Crippen LogP contribution in [0, 0.1) is 0 Å². The van der Waals surface area contributed by atoms with Crippen LogP contribution in [-0.2, 0) is 0 Å². The average molecular weight is 449 g/mol. The summed E-state index contributed by atoms with van der Waals surface area (Å²) >= 11 is 12.2. The van der Waals surface area contributed by atoms with Crippen LogP contribution in [0.2, 0.25) is 10.0 Å². The fraction of sp³-hybridized carbons (Fsp3) is 0.154. The molecule has 0 aliphatic heterocycles. The molecule has 0 saturated heterocycles. The molecule has 1 N–H and O–H groups in total. The molecule has 3 aromatic carbocycles. The second-order valence-corrected chi connectivity index (χ2v) is 8.48. The van der Waals surface area contributed by atoms with Crippen LogP contribution in [-0.4, -0.2) is 17.4 Å². The summed E-state index contributed by atoms with van der Waals surface area (Å²) in [5.74, 6) is 0.115. The largest absolute Gasteiger partial charge is 0.351 e. The summed E-state index contributed by atoms with van der Waals surface area (Å²) in [6, 6.07) is 23.3. The molecule has 0 fully saturated rings. The number of pyridine rings is 1. The van der Waals surface area contributed by atoms with E-state index >= 15 is 0 Å². The number of amides is 1. The normalized spacial score (nSPS) is 13.0. The number of hydrogen-bond donors (Lipinski definition) is 1. The van der Waals surface area contributed by atoms with Crippen molar-refractivity contribution in [1.82, 2.24) is 10.3 Å². The van der Waals surface area contributed by atoms with E-state index in [9.17, 15) is 4.79 Å². The summed E-state index contributed by atoms with van der Waals surface area (Å²) in [7, 11) is 0. The number of halogens is 2. The quantitative estimate of drug-likeness (QED) is 0.350. The lowest BCUT2D eigenvalue weighted by molar-refractivity contribution is 0.0952. The number of fused-ring (bicyclic) bond motifs is 1. The second-order valence-electron chi connectivity index (χ2n) is 7.61. The minimum absolute atomic E-state index is 0.0653. The van der Waals surface area contributed by atoms with Crippen molar-refractivity contribution in [3.8, 4) is 0 Å². The predicted octanol–water partition coefficient (Wildman–Crippen LogP) is 6.86. The minimum atomic E-state index is -0.110. The number of aromatic nitrogens is 1. The molecule has 1 aromatic heterocycles. The summed E-state index contributed by atoms with van der Waals surface area (Å²) in [5.41, 5.74) is 2.90. The van der Waals surface area contributed by atoms with Crippen LogP contribution in [0.15, 0.2) is 85.2 Å². The number of carbonyl (C=O) groups excluding carboxylic acids is 1. The molecule has 5 heteroatoms. The van der Waals surface area contributed by atoms with Crippen molar-refractivity contribution in [1.29, 1.82) is 0 Å². The van der Waals surface area contributed by atoms with Gasteiger partial charge in [0.2, 0.25) is 0 Å². The van der Waals surface area contributed by atoms with Crippen LogP contribution in [0.1, 0.15) is 40.2 Å². The van der Waals surface area contributed by atoms with E-state index in [0.717, 1.165) is 21.9 Å². The van der Waals surface area contributed by atoms with Crippen LogP contribution < -0.4 is 5.32 Å². The minimum Gasteiger partial charge on any atom is -0.351 e. The van der Waals surface area contributed by atoms with Gasteiger partial charge in [0.05, 0.1) is 0 Å². The zero-order chi connectivity index (χ0) is 21.8. The summed E-state index contributed by atoms with van der Waals surface area (Å²) in [4.78, 5) is 17.3. The molecule has 2 unspecified atom stereocenters. The Bertz CT molecular complexity index is 1180. The van der Waals surface area contributed by atoms with Crippen molar-refractivity contribution in [3.63, 3.8) is 0 Å². The Hall–Kier alpha value is -2.88. The summed E-state index contributed by atoms with van der Waals surface area (Å²) < 4.78 is 0. The zero-order valence-electron chi connectivity index (χ0n) is 17.1. The number of nitrogens with one attached hydrogen (secondary N) is 1. The number of rotatable bonds is 6. The smallest absolute Gasteiger partial charge is 0.251 e.